The number of benzene rings is 1. The van der Waals surface area contributed by atoms with Gasteiger partial charge in [0.2, 0.25) is 0 Å². The minimum atomic E-state index is -4.64. The zero-order chi connectivity index (χ0) is 10.9. The summed E-state index contributed by atoms with van der Waals surface area (Å²) in [5, 5.41) is 9.31. The van der Waals surface area contributed by atoms with E-state index >= 15 is 0 Å². The van der Waals surface area contributed by atoms with Gasteiger partial charge in [0.05, 0.1) is 0 Å². The van der Waals surface area contributed by atoms with Gasteiger partial charge in [0.15, 0.2) is 6.10 Å². The number of aryl methyl sites for hydroxylation is 1. The summed E-state index contributed by atoms with van der Waals surface area (Å²) in [6.45, 7) is 1.47. The van der Waals surface area contributed by atoms with Gasteiger partial charge >= 0.3 is 6.18 Å². The molecule has 0 aromatic heterocycles. The second-order valence-electron chi connectivity index (χ2n) is 2.95. The zero-order valence-electron chi connectivity index (χ0n) is 7.27. The van der Waals surface area contributed by atoms with Gasteiger partial charge in [-0.15, -0.1) is 0 Å². The Morgan fingerprint density at radius 1 is 1.36 bits per heavy atom. The van der Waals surface area contributed by atoms with E-state index in [9.17, 15) is 13.2 Å². The first-order valence-corrected chi connectivity index (χ1v) is 4.21. The Morgan fingerprint density at radius 3 is 2.36 bits per heavy atom. The fourth-order valence-electron chi connectivity index (χ4n) is 1.12. The van der Waals surface area contributed by atoms with Gasteiger partial charge in [0.1, 0.15) is 0 Å². The average Bonchev–Trinajstić information content (AvgIpc) is 2.01. The molecule has 0 bridgehead atoms. The molecule has 78 valence electrons. The third-order valence-electron chi connectivity index (χ3n) is 1.84. The maximum Gasteiger partial charge on any atom is 0.418 e. The molecule has 14 heavy (non-hydrogen) atoms. The number of hydrogen-bond donors (Lipinski definition) is 1. The van der Waals surface area contributed by atoms with E-state index in [-0.39, 0.29) is 5.56 Å². The number of rotatable bonds is 1. The summed E-state index contributed by atoms with van der Waals surface area (Å²) in [5.74, 6) is 0. The van der Waals surface area contributed by atoms with Gasteiger partial charge in [-0.1, -0.05) is 17.7 Å². The Bertz CT molecular complexity index is 335. The Balaban J connectivity index is 3.08. The van der Waals surface area contributed by atoms with Crippen LogP contribution in [0.25, 0.3) is 0 Å². The smallest absolute Gasteiger partial charge is 0.379 e. The van der Waals surface area contributed by atoms with Crippen molar-refractivity contribution >= 4 is 11.6 Å². The molecule has 0 saturated heterocycles. The number of aliphatic hydroxyl groups is 1. The predicted octanol–water partition coefficient (Wildman–Crippen LogP) is 3.24. The summed E-state index contributed by atoms with van der Waals surface area (Å²) in [6, 6.07) is 3.88. The summed E-state index contributed by atoms with van der Waals surface area (Å²) in [4.78, 5) is 0. The second kappa shape index (κ2) is 3.79. The molecule has 0 aliphatic heterocycles. The minimum absolute atomic E-state index is 0.165. The molecule has 1 nitrogen and oxygen atoms in total. The molecule has 1 rings (SSSR count). The van der Waals surface area contributed by atoms with Crippen molar-refractivity contribution in [1.29, 1.82) is 0 Å². The Kier molecular flexibility index (Phi) is 3.07. The van der Waals surface area contributed by atoms with Crippen molar-refractivity contribution in [2.75, 3.05) is 0 Å². The monoisotopic (exact) mass is 224 g/mol. The van der Waals surface area contributed by atoms with Crippen LogP contribution in [-0.2, 0) is 0 Å². The first-order valence-electron chi connectivity index (χ1n) is 3.83. The topological polar surface area (TPSA) is 20.2 Å². The van der Waals surface area contributed by atoms with Crippen LogP contribution in [0.1, 0.15) is 17.2 Å². The maximum absolute atomic E-state index is 12.1. The van der Waals surface area contributed by atoms with Crippen molar-refractivity contribution in [1.82, 2.24) is 0 Å². The van der Waals surface area contributed by atoms with Crippen LogP contribution in [0.3, 0.4) is 0 Å². The lowest BCUT2D eigenvalue weighted by molar-refractivity contribution is -0.206. The van der Waals surface area contributed by atoms with Crippen LogP contribution in [0.5, 0.6) is 0 Å². The fourth-order valence-corrected chi connectivity index (χ4v) is 1.35. The van der Waals surface area contributed by atoms with Gasteiger partial charge in [-0.2, -0.15) is 13.2 Å². The SMILES string of the molecule is Cc1cc(Cl)ccc1C(O)C(F)(F)F. The van der Waals surface area contributed by atoms with Crippen LogP contribution in [0.15, 0.2) is 18.2 Å². The lowest BCUT2D eigenvalue weighted by Gasteiger charge is -2.16. The van der Waals surface area contributed by atoms with Crippen LogP contribution < -0.4 is 0 Å². The van der Waals surface area contributed by atoms with Gasteiger partial charge in [-0.05, 0) is 30.2 Å². The number of halogens is 4. The van der Waals surface area contributed by atoms with Crippen LogP contribution in [-0.4, -0.2) is 11.3 Å². The van der Waals surface area contributed by atoms with Crippen molar-refractivity contribution in [3.8, 4) is 0 Å². The molecule has 0 saturated carbocycles. The molecule has 0 aliphatic rings. The molecule has 0 aliphatic carbocycles. The molecule has 1 N–H and O–H groups in total. The van der Waals surface area contributed by atoms with Gasteiger partial charge in [-0.3, -0.25) is 0 Å². The first kappa shape index (κ1) is 11.3. The van der Waals surface area contributed by atoms with E-state index < -0.39 is 12.3 Å². The third kappa shape index (κ3) is 2.39. The quantitative estimate of drug-likeness (QED) is 0.777. The van der Waals surface area contributed by atoms with E-state index in [0.717, 1.165) is 0 Å². The van der Waals surface area contributed by atoms with Crippen molar-refractivity contribution in [2.24, 2.45) is 0 Å². The molecule has 0 heterocycles. The highest BCUT2D eigenvalue weighted by molar-refractivity contribution is 6.30. The molecule has 1 unspecified atom stereocenters. The molecular weight excluding hydrogens is 217 g/mol. The molecule has 5 heteroatoms. The molecule has 1 aromatic rings. The first-order chi connectivity index (χ1) is 6.32. The molecule has 1 atom stereocenters. The third-order valence-corrected chi connectivity index (χ3v) is 2.07. The van der Waals surface area contributed by atoms with Gasteiger partial charge < -0.3 is 5.11 Å². The summed E-state index contributed by atoms with van der Waals surface area (Å²) in [5.41, 5.74) is 0.157. The molecule has 1 aromatic carbocycles. The predicted molar refractivity (Wildman–Crippen MR) is 47.2 cm³/mol. The van der Waals surface area contributed by atoms with Crippen molar-refractivity contribution < 1.29 is 18.3 Å². The summed E-state index contributed by atoms with van der Waals surface area (Å²) in [6.07, 6.45) is -7.08. The molecule has 0 radical (unpaired) electrons. The van der Waals surface area contributed by atoms with E-state index in [1.807, 2.05) is 0 Å². The lowest BCUT2D eigenvalue weighted by Crippen LogP contribution is -2.20. The highest BCUT2D eigenvalue weighted by atomic mass is 35.5. The molecule has 0 spiro atoms. The van der Waals surface area contributed by atoms with Crippen LogP contribution in [0.4, 0.5) is 13.2 Å². The van der Waals surface area contributed by atoms with Gasteiger partial charge in [0.25, 0.3) is 0 Å². The van der Waals surface area contributed by atoms with Crippen molar-refractivity contribution in [3.63, 3.8) is 0 Å². The summed E-state index contributed by atoms with van der Waals surface area (Å²) < 4.78 is 36.4. The molecule has 0 amide bonds. The van der Waals surface area contributed by atoms with Crippen molar-refractivity contribution in [3.05, 3.63) is 34.3 Å². The van der Waals surface area contributed by atoms with E-state index in [4.69, 9.17) is 16.7 Å². The summed E-state index contributed by atoms with van der Waals surface area (Å²) in [7, 11) is 0. The Hall–Kier alpha value is -0.740. The van der Waals surface area contributed by atoms with Gasteiger partial charge in [0, 0.05) is 5.02 Å². The number of alkyl halides is 3. The second-order valence-corrected chi connectivity index (χ2v) is 3.38. The summed E-state index contributed by atoms with van der Waals surface area (Å²) >= 11 is 5.57. The minimum Gasteiger partial charge on any atom is -0.379 e. The van der Waals surface area contributed by atoms with Crippen LogP contribution >= 0.6 is 11.6 Å². The zero-order valence-corrected chi connectivity index (χ0v) is 8.02. The maximum atomic E-state index is 12.1. The van der Waals surface area contributed by atoms with E-state index in [1.54, 1.807) is 0 Å². The molecular formula is C9H8ClF3O. The van der Waals surface area contributed by atoms with E-state index in [2.05, 4.69) is 0 Å². The van der Waals surface area contributed by atoms with E-state index in [0.29, 0.717) is 10.6 Å². The molecule has 0 fully saturated rings. The van der Waals surface area contributed by atoms with Crippen LogP contribution in [0.2, 0.25) is 5.02 Å². The highest BCUT2D eigenvalue weighted by Crippen LogP contribution is 2.34. The van der Waals surface area contributed by atoms with Crippen molar-refractivity contribution in [2.45, 2.75) is 19.2 Å². The number of aliphatic hydroxyl groups excluding tert-OH is 1. The average molecular weight is 225 g/mol. The fraction of sp³-hybridized carbons (Fsp3) is 0.333. The lowest BCUT2D eigenvalue weighted by atomic mass is 10.0. The van der Waals surface area contributed by atoms with Gasteiger partial charge in [-0.25, -0.2) is 0 Å². The standard InChI is InChI=1S/C9H8ClF3O/c1-5-4-6(10)2-3-7(5)8(14)9(11,12)13/h2-4,8,14H,1H3. The number of hydrogen-bond acceptors (Lipinski definition) is 1. The largest absolute Gasteiger partial charge is 0.418 e. The highest BCUT2D eigenvalue weighted by Gasteiger charge is 2.39. The Morgan fingerprint density at radius 2 is 1.93 bits per heavy atom. The van der Waals surface area contributed by atoms with E-state index in [1.165, 1.54) is 25.1 Å². The Labute approximate surface area is 84.1 Å². The normalized spacial score (nSPS) is 14.1. The van der Waals surface area contributed by atoms with Crippen LogP contribution in [0, 0.1) is 6.92 Å².